The van der Waals surface area contributed by atoms with E-state index in [0.717, 1.165) is 6.42 Å². The van der Waals surface area contributed by atoms with E-state index in [0.29, 0.717) is 0 Å². The summed E-state index contributed by atoms with van der Waals surface area (Å²) in [6.45, 7) is 13.1. The Morgan fingerprint density at radius 3 is 2.17 bits per heavy atom. The monoisotopic (exact) mass is 245 g/mol. The zero-order chi connectivity index (χ0) is 13.9. The molecule has 1 aliphatic heterocycles. The maximum atomic E-state index is 2.32. The molecule has 1 aliphatic rings. The zero-order valence-corrected chi connectivity index (χ0v) is 13.0. The summed E-state index contributed by atoms with van der Waals surface area (Å²) >= 11 is 0. The van der Waals surface area contributed by atoms with Crippen molar-refractivity contribution in [3.05, 3.63) is 41.1 Å². The molecule has 1 aromatic carbocycles. The highest BCUT2D eigenvalue weighted by molar-refractivity contribution is 5.62. The number of benzene rings is 1. The fourth-order valence-corrected chi connectivity index (χ4v) is 2.50. The van der Waals surface area contributed by atoms with Gasteiger partial charge in [-0.05, 0) is 36.0 Å². The van der Waals surface area contributed by atoms with Crippen LogP contribution in [0.15, 0.2) is 35.5 Å². The molecular formula is C17H27N. The van der Waals surface area contributed by atoms with Gasteiger partial charge < -0.3 is 4.90 Å². The van der Waals surface area contributed by atoms with Crippen molar-refractivity contribution in [1.29, 1.82) is 0 Å². The van der Waals surface area contributed by atoms with Crippen LogP contribution in [0, 0.1) is 5.41 Å². The molecule has 0 radical (unpaired) electrons. The van der Waals surface area contributed by atoms with Gasteiger partial charge in [0.15, 0.2) is 0 Å². The van der Waals surface area contributed by atoms with Crippen LogP contribution in [0.3, 0.4) is 0 Å². The Morgan fingerprint density at radius 2 is 1.61 bits per heavy atom. The molecule has 1 heterocycles. The van der Waals surface area contributed by atoms with E-state index in [9.17, 15) is 0 Å². The van der Waals surface area contributed by atoms with Crippen LogP contribution in [-0.2, 0) is 6.42 Å². The number of fused-ring (bicyclic) bond motifs is 1. The molecule has 0 spiro atoms. The van der Waals surface area contributed by atoms with Gasteiger partial charge >= 0.3 is 0 Å². The van der Waals surface area contributed by atoms with E-state index in [1.54, 1.807) is 5.57 Å². The predicted octanol–water partition coefficient (Wildman–Crippen LogP) is 5.03. The minimum atomic E-state index is 0.256. The highest BCUT2D eigenvalue weighted by atomic mass is 15.1. The third-order valence-electron chi connectivity index (χ3n) is 3.57. The molecule has 0 aromatic heterocycles. The van der Waals surface area contributed by atoms with Crippen LogP contribution in [0.1, 0.15) is 47.1 Å². The fourth-order valence-electron chi connectivity index (χ4n) is 2.50. The normalized spacial score (nSPS) is 14.9. The number of hydrogen-bond donors (Lipinski definition) is 0. The average molecular weight is 245 g/mol. The summed E-state index contributed by atoms with van der Waals surface area (Å²) in [6, 6.07) is 8.70. The Labute approximate surface area is 113 Å². The first-order chi connectivity index (χ1) is 8.41. The molecule has 0 aliphatic carbocycles. The molecule has 0 N–H and O–H groups in total. The fraction of sp³-hybridized carbons (Fsp3) is 0.529. The Hall–Kier alpha value is -1.24. The van der Waals surface area contributed by atoms with Gasteiger partial charge in [0.1, 0.15) is 0 Å². The van der Waals surface area contributed by atoms with Crippen LogP contribution in [0.5, 0.6) is 0 Å². The minimum Gasteiger partial charge on any atom is -0.348 e. The summed E-state index contributed by atoms with van der Waals surface area (Å²) < 4.78 is 0. The van der Waals surface area contributed by atoms with E-state index in [1.165, 1.54) is 16.9 Å². The smallest absolute Gasteiger partial charge is 0.0441 e. The van der Waals surface area contributed by atoms with Gasteiger partial charge in [-0.25, -0.2) is 0 Å². The summed E-state index contributed by atoms with van der Waals surface area (Å²) in [4.78, 5) is 2.32. The third kappa shape index (κ3) is 2.77. The van der Waals surface area contributed by atoms with Gasteiger partial charge in [0.25, 0.3) is 0 Å². The molecule has 1 heteroatoms. The molecule has 0 unspecified atom stereocenters. The first kappa shape index (κ1) is 14.8. The van der Waals surface area contributed by atoms with Gasteiger partial charge in [-0.15, -0.1) is 0 Å². The second kappa shape index (κ2) is 5.60. The molecule has 0 amide bonds. The molecule has 2 rings (SSSR count). The lowest BCUT2D eigenvalue weighted by atomic mass is 9.79. The van der Waals surface area contributed by atoms with Gasteiger partial charge in [0.2, 0.25) is 0 Å². The maximum absolute atomic E-state index is 2.32. The van der Waals surface area contributed by atoms with E-state index < -0.39 is 0 Å². The lowest BCUT2D eigenvalue weighted by Gasteiger charge is -2.36. The summed E-state index contributed by atoms with van der Waals surface area (Å²) in [5, 5.41) is 0. The molecule has 1 nitrogen and oxygen atoms in total. The Balaban J connectivity index is 0.000000771. The Bertz CT molecular complexity index is 435. The molecule has 0 atom stereocenters. The number of hydrogen-bond acceptors (Lipinski definition) is 1. The van der Waals surface area contributed by atoms with Crippen LogP contribution >= 0.6 is 0 Å². The van der Waals surface area contributed by atoms with Crippen molar-refractivity contribution in [2.45, 2.75) is 48.0 Å². The van der Waals surface area contributed by atoms with E-state index in [-0.39, 0.29) is 5.41 Å². The van der Waals surface area contributed by atoms with Crippen LogP contribution in [0.25, 0.3) is 0 Å². The van der Waals surface area contributed by atoms with Crippen LogP contribution < -0.4 is 4.90 Å². The van der Waals surface area contributed by atoms with Crippen molar-refractivity contribution in [2.75, 3.05) is 11.9 Å². The van der Waals surface area contributed by atoms with Crippen molar-refractivity contribution >= 4 is 5.69 Å². The molecule has 0 bridgehead atoms. The third-order valence-corrected chi connectivity index (χ3v) is 3.57. The quantitative estimate of drug-likeness (QED) is 0.620. The summed E-state index contributed by atoms with van der Waals surface area (Å²) in [5.41, 5.74) is 6.01. The van der Waals surface area contributed by atoms with Gasteiger partial charge in [-0.2, -0.15) is 0 Å². The van der Waals surface area contributed by atoms with Gasteiger partial charge in [0.05, 0.1) is 0 Å². The first-order valence-electron chi connectivity index (χ1n) is 6.93. The molecule has 0 saturated heterocycles. The first-order valence-corrected chi connectivity index (χ1v) is 6.93. The second-order valence-electron chi connectivity index (χ2n) is 5.68. The van der Waals surface area contributed by atoms with E-state index >= 15 is 0 Å². The lowest BCUT2D eigenvalue weighted by Crippen LogP contribution is -2.27. The van der Waals surface area contributed by atoms with Gasteiger partial charge in [-0.3, -0.25) is 0 Å². The number of allylic oxidation sites excluding steroid dienone is 2. The zero-order valence-electron chi connectivity index (χ0n) is 13.0. The summed E-state index contributed by atoms with van der Waals surface area (Å²) in [7, 11) is 2.17. The second-order valence-corrected chi connectivity index (χ2v) is 5.68. The molecule has 1 aromatic rings. The van der Waals surface area contributed by atoms with Crippen molar-refractivity contribution in [3.8, 4) is 0 Å². The number of rotatable bonds is 0. The number of nitrogens with zero attached hydrogens (tertiary/aromatic N) is 1. The summed E-state index contributed by atoms with van der Waals surface area (Å²) in [6.07, 6.45) is 1.09. The lowest BCUT2D eigenvalue weighted by molar-refractivity contribution is 0.481. The maximum Gasteiger partial charge on any atom is 0.0441 e. The predicted molar refractivity (Wildman–Crippen MR) is 82.1 cm³/mol. The Morgan fingerprint density at radius 1 is 1.06 bits per heavy atom. The molecule has 18 heavy (non-hydrogen) atoms. The standard InChI is InChI=1S/C15H21N.C2H6/c1-11-13(15(2,3)4)10-12-8-6-7-9-14(12)16(11)5;1-2/h6-9H,10H2,1-5H3;1-2H3. The van der Waals surface area contributed by atoms with Crippen molar-refractivity contribution in [3.63, 3.8) is 0 Å². The molecule has 0 saturated carbocycles. The SMILES string of the molecule is CC.CC1=C(C(C)(C)C)Cc2ccccc2N1C. The van der Waals surface area contributed by atoms with Crippen LogP contribution in [0.2, 0.25) is 0 Å². The topological polar surface area (TPSA) is 3.24 Å². The van der Waals surface area contributed by atoms with Gasteiger partial charge in [0, 0.05) is 18.4 Å². The summed E-state index contributed by atoms with van der Waals surface area (Å²) in [5.74, 6) is 0. The van der Waals surface area contributed by atoms with E-state index in [1.807, 2.05) is 13.8 Å². The Kier molecular flexibility index (Phi) is 4.61. The average Bonchev–Trinajstić information content (AvgIpc) is 2.35. The van der Waals surface area contributed by atoms with E-state index in [4.69, 9.17) is 0 Å². The van der Waals surface area contributed by atoms with Crippen LogP contribution in [0.4, 0.5) is 5.69 Å². The number of para-hydroxylation sites is 1. The van der Waals surface area contributed by atoms with E-state index in [2.05, 4.69) is 63.9 Å². The molecule has 100 valence electrons. The van der Waals surface area contributed by atoms with Crippen molar-refractivity contribution in [1.82, 2.24) is 0 Å². The minimum absolute atomic E-state index is 0.256. The molecular weight excluding hydrogens is 218 g/mol. The largest absolute Gasteiger partial charge is 0.348 e. The van der Waals surface area contributed by atoms with Crippen molar-refractivity contribution < 1.29 is 0 Å². The highest BCUT2D eigenvalue weighted by Crippen LogP contribution is 2.39. The number of anilines is 1. The van der Waals surface area contributed by atoms with Crippen LogP contribution in [-0.4, -0.2) is 7.05 Å². The van der Waals surface area contributed by atoms with Gasteiger partial charge in [-0.1, -0.05) is 52.8 Å². The van der Waals surface area contributed by atoms with Crippen molar-refractivity contribution in [2.24, 2.45) is 5.41 Å². The highest BCUT2D eigenvalue weighted by Gasteiger charge is 2.26. The molecule has 0 fully saturated rings.